The maximum atomic E-state index is 9.67. The lowest BCUT2D eigenvalue weighted by Crippen LogP contribution is -2.24. The second kappa shape index (κ2) is 12.6. The molecular formula is C14H24N2O4. The summed E-state index contributed by atoms with van der Waals surface area (Å²) in [6.07, 6.45) is 5.24. The molecule has 6 heteroatoms. The van der Waals surface area contributed by atoms with Gasteiger partial charge >= 0.3 is 0 Å². The molecule has 0 aromatic rings. The molecule has 0 aromatic heterocycles. The molecule has 0 aliphatic heterocycles. The van der Waals surface area contributed by atoms with Crippen LogP contribution in [0.2, 0.25) is 0 Å². The molecule has 0 bridgehead atoms. The van der Waals surface area contributed by atoms with Gasteiger partial charge in [0.05, 0.1) is 25.4 Å². The highest BCUT2D eigenvalue weighted by Crippen LogP contribution is 2.05. The van der Waals surface area contributed by atoms with Gasteiger partial charge in [0.1, 0.15) is 6.07 Å². The summed E-state index contributed by atoms with van der Waals surface area (Å²) in [5.74, 6) is 0. The first kappa shape index (κ1) is 18.6. The Bertz CT molecular complexity index is 331. The standard InChI is InChI=1S/C14H24N2O4/c1-2-3-11-20-14(19)13(12-15)5-4-6-16(7-9-17)8-10-18/h4-6,14,17-19H,2-3,7-11H2,1H3. The maximum Gasteiger partial charge on any atom is 0.191 e. The van der Waals surface area contributed by atoms with Gasteiger partial charge in [-0.15, -0.1) is 0 Å². The molecule has 0 aliphatic carbocycles. The van der Waals surface area contributed by atoms with Gasteiger partial charge in [-0.3, -0.25) is 0 Å². The quantitative estimate of drug-likeness (QED) is 0.219. The highest BCUT2D eigenvalue weighted by atomic mass is 16.6. The predicted octanol–water partition coefficient (Wildman–Crippen LogP) is 0.372. The summed E-state index contributed by atoms with van der Waals surface area (Å²) in [6, 6.07) is 1.88. The zero-order valence-corrected chi connectivity index (χ0v) is 11.9. The van der Waals surface area contributed by atoms with Crippen molar-refractivity contribution in [3.63, 3.8) is 0 Å². The molecule has 1 atom stereocenters. The molecular weight excluding hydrogens is 260 g/mol. The number of nitrogens with zero attached hydrogens (tertiary/aromatic N) is 2. The van der Waals surface area contributed by atoms with Crippen molar-refractivity contribution in [2.75, 3.05) is 32.9 Å². The number of rotatable bonds is 11. The van der Waals surface area contributed by atoms with Crippen LogP contribution in [0.25, 0.3) is 0 Å². The number of nitriles is 1. The minimum Gasteiger partial charge on any atom is -0.395 e. The van der Waals surface area contributed by atoms with E-state index < -0.39 is 6.29 Å². The molecule has 0 radical (unpaired) electrons. The zero-order valence-electron chi connectivity index (χ0n) is 11.9. The van der Waals surface area contributed by atoms with Crippen LogP contribution < -0.4 is 0 Å². The van der Waals surface area contributed by atoms with Crippen molar-refractivity contribution in [2.45, 2.75) is 26.1 Å². The van der Waals surface area contributed by atoms with Gasteiger partial charge < -0.3 is 25.0 Å². The molecule has 1 unspecified atom stereocenters. The number of ether oxygens (including phenoxy) is 1. The Morgan fingerprint density at radius 3 is 2.50 bits per heavy atom. The second-order valence-corrected chi connectivity index (χ2v) is 4.14. The molecule has 0 aliphatic rings. The number of aliphatic hydroxyl groups is 3. The summed E-state index contributed by atoms with van der Waals surface area (Å²) in [4.78, 5) is 1.70. The fourth-order valence-electron chi connectivity index (χ4n) is 1.39. The van der Waals surface area contributed by atoms with E-state index in [0.717, 1.165) is 12.8 Å². The van der Waals surface area contributed by atoms with Gasteiger partial charge in [-0.25, -0.2) is 0 Å². The van der Waals surface area contributed by atoms with Crippen molar-refractivity contribution in [2.24, 2.45) is 0 Å². The average Bonchev–Trinajstić information content (AvgIpc) is 2.44. The first-order valence-corrected chi connectivity index (χ1v) is 6.73. The Kier molecular flexibility index (Phi) is 11.8. The van der Waals surface area contributed by atoms with Gasteiger partial charge in [-0.05, 0) is 24.8 Å². The molecule has 0 amide bonds. The van der Waals surface area contributed by atoms with E-state index in [0.29, 0.717) is 19.7 Å². The summed E-state index contributed by atoms with van der Waals surface area (Å²) < 4.78 is 5.13. The molecule has 0 spiro atoms. The lowest BCUT2D eigenvalue weighted by molar-refractivity contribution is -0.0699. The van der Waals surface area contributed by atoms with E-state index in [1.54, 1.807) is 17.2 Å². The van der Waals surface area contributed by atoms with Crippen molar-refractivity contribution in [3.05, 3.63) is 23.9 Å². The largest absolute Gasteiger partial charge is 0.395 e. The van der Waals surface area contributed by atoms with E-state index in [4.69, 9.17) is 20.2 Å². The minimum atomic E-state index is -1.22. The lowest BCUT2D eigenvalue weighted by atomic mass is 10.2. The van der Waals surface area contributed by atoms with E-state index >= 15 is 0 Å². The van der Waals surface area contributed by atoms with Gasteiger partial charge in [0.15, 0.2) is 6.29 Å². The first-order valence-electron chi connectivity index (χ1n) is 6.73. The van der Waals surface area contributed by atoms with Crippen LogP contribution in [0.5, 0.6) is 0 Å². The molecule has 20 heavy (non-hydrogen) atoms. The predicted molar refractivity (Wildman–Crippen MR) is 75.4 cm³/mol. The van der Waals surface area contributed by atoms with Crippen molar-refractivity contribution in [1.82, 2.24) is 4.90 Å². The average molecular weight is 284 g/mol. The summed E-state index contributed by atoms with van der Waals surface area (Å²) in [5.41, 5.74) is 0.116. The van der Waals surface area contributed by atoms with Crippen molar-refractivity contribution in [1.29, 1.82) is 5.26 Å². The van der Waals surface area contributed by atoms with Crippen LogP contribution in [0.3, 0.4) is 0 Å². The number of hydrogen-bond acceptors (Lipinski definition) is 6. The maximum absolute atomic E-state index is 9.67. The van der Waals surface area contributed by atoms with E-state index in [9.17, 15) is 5.11 Å². The molecule has 0 fully saturated rings. The van der Waals surface area contributed by atoms with E-state index in [1.807, 2.05) is 13.0 Å². The Hall–Kier alpha value is -1.39. The Morgan fingerprint density at radius 2 is 2.00 bits per heavy atom. The summed E-state index contributed by atoms with van der Waals surface area (Å²) >= 11 is 0. The van der Waals surface area contributed by atoms with Crippen LogP contribution >= 0.6 is 0 Å². The van der Waals surface area contributed by atoms with Crippen LogP contribution in [0.4, 0.5) is 0 Å². The minimum absolute atomic E-state index is 0.0259. The highest BCUT2D eigenvalue weighted by Gasteiger charge is 2.09. The second-order valence-electron chi connectivity index (χ2n) is 4.14. The molecule has 114 valence electrons. The van der Waals surface area contributed by atoms with Crippen LogP contribution in [0.1, 0.15) is 19.8 Å². The third-order valence-electron chi connectivity index (χ3n) is 2.52. The normalized spacial score (nSPS) is 13.4. The first-order chi connectivity index (χ1) is 9.69. The van der Waals surface area contributed by atoms with Gasteiger partial charge in [-0.1, -0.05) is 13.3 Å². The summed E-state index contributed by atoms with van der Waals surface area (Å²) in [6.45, 7) is 3.15. The van der Waals surface area contributed by atoms with Gasteiger partial charge in [0.2, 0.25) is 0 Å². The SMILES string of the molecule is CCCCOC(O)C(C#N)=CC=CN(CCO)CCO. The molecule has 3 N–H and O–H groups in total. The fraction of sp³-hybridized carbons (Fsp3) is 0.643. The Labute approximate surface area is 120 Å². The van der Waals surface area contributed by atoms with E-state index in [1.165, 1.54) is 6.08 Å². The Morgan fingerprint density at radius 1 is 1.35 bits per heavy atom. The van der Waals surface area contributed by atoms with Crippen LogP contribution in [0.15, 0.2) is 23.9 Å². The number of unbranched alkanes of at least 4 members (excludes halogenated alkanes) is 1. The summed E-state index contributed by atoms with van der Waals surface area (Å²) in [5, 5.41) is 36.3. The zero-order chi connectivity index (χ0) is 15.2. The lowest BCUT2D eigenvalue weighted by Gasteiger charge is -2.17. The van der Waals surface area contributed by atoms with Gasteiger partial charge in [0.25, 0.3) is 0 Å². The molecule has 0 aromatic carbocycles. The summed E-state index contributed by atoms with van der Waals surface area (Å²) in [7, 11) is 0. The number of hydrogen-bond donors (Lipinski definition) is 3. The number of aliphatic hydroxyl groups excluding tert-OH is 3. The molecule has 0 heterocycles. The van der Waals surface area contributed by atoms with Gasteiger partial charge in [-0.2, -0.15) is 5.26 Å². The van der Waals surface area contributed by atoms with E-state index in [2.05, 4.69) is 0 Å². The van der Waals surface area contributed by atoms with Crippen LogP contribution in [-0.2, 0) is 4.74 Å². The monoisotopic (exact) mass is 284 g/mol. The topological polar surface area (TPSA) is 97.0 Å². The third kappa shape index (κ3) is 8.67. The van der Waals surface area contributed by atoms with Gasteiger partial charge in [0, 0.05) is 13.1 Å². The third-order valence-corrected chi connectivity index (χ3v) is 2.52. The molecule has 6 nitrogen and oxygen atoms in total. The number of allylic oxidation sites excluding steroid dienone is 2. The molecule has 0 saturated carbocycles. The van der Waals surface area contributed by atoms with Crippen LogP contribution in [0, 0.1) is 11.3 Å². The van der Waals surface area contributed by atoms with Crippen LogP contribution in [-0.4, -0.2) is 59.4 Å². The smallest absolute Gasteiger partial charge is 0.191 e. The Balaban J connectivity index is 4.44. The van der Waals surface area contributed by atoms with Crippen molar-refractivity contribution >= 4 is 0 Å². The fourth-order valence-corrected chi connectivity index (χ4v) is 1.39. The van der Waals surface area contributed by atoms with Crippen molar-refractivity contribution < 1.29 is 20.1 Å². The molecule has 0 rings (SSSR count). The molecule has 0 saturated heterocycles. The van der Waals surface area contributed by atoms with E-state index in [-0.39, 0.29) is 18.8 Å². The highest BCUT2D eigenvalue weighted by molar-refractivity contribution is 5.27. The van der Waals surface area contributed by atoms with Crippen molar-refractivity contribution in [3.8, 4) is 6.07 Å².